The molecule has 0 aromatic heterocycles. The fourth-order valence-corrected chi connectivity index (χ4v) is 1.53. The third-order valence-corrected chi connectivity index (χ3v) is 2.88. The SMILES string of the molecule is C[C@H]1[C@H](CN)C1(C)C. The fourth-order valence-electron chi connectivity index (χ4n) is 1.53. The standard InChI is InChI=1S/C7H15N/c1-5-6(4-8)7(5,2)3/h5-6H,4,8H2,1-3H3/t5-,6-/m0/s1. The van der Waals surface area contributed by atoms with Crippen molar-refractivity contribution >= 4 is 0 Å². The summed E-state index contributed by atoms with van der Waals surface area (Å²) in [5.74, 6) is 1.65. The summed E-state index contributed by atoms with van der Waals surface area (Å²) in [5, 5.41) is 0. The van der Waals surface area contributed by atoms with Gasteiger partial charge in [0.2, 0.25) is 0 Å². The molecule has 1 rings (SSSR count). The van der Waals surface area contributed by atoms with Gasteiger partial charge in [0.1, 0.15) is 0 Å². The lowest BCUT2D eigenvalue weighted by Gasteiger charge is -1.96. The van der Waals surface area contributed by atoms with E-state index in [9.17, 15) is 0 Å². The van der Waals surface area contributed by atoms with Gasteiger partial charge in [-0.25, -0.2) is 0 Å². The Labute approximate surface area is 51.3 Å². The summed E-state index contributed by atoms with van der Waals surface area (Å²) in [6, 6.07) is 0. The fraction of sp³-hybridized carbons (Fsp3) is 1.00. The van der Waals surface area contributed by atoms with Gasteiger partial charge in [-0.3, -0.25) is 0 Å². The van der Waals surface area contributed by atoms with E-state index >= 15 is 0 Å². The summed E-state index contributed by atoms with van der Waals surface area (Å²) in [6.07, 6.45) is 0. The Morgan fingerprint density at radius 3 is 1.88 bits per heavy atom. The van der Waals surface area contributed by atoms with Crippen molar-refractivity contribution in [1.29, 1.82) is 0 Å². The van der Waals surface area contributed by atoms with Crippen molar-refractivity contribution < 1.29 is 0 Å². The summed E-state index contributed by atoms with van der Waals surface area (Å²) in [4.78, 5) is 0. The van der Waals surface area contributed by atoms with E-state index in [2.05, 4.69) is 20.8 Å². The highest BCUT2D eigenvalue weighted by molar-refractivity contribution is 5.02. The Bertz CT molecular complexity index is 96.6. The van der Waals surface area contributed by atoms with Gasteiger partial charge in [-0.1, -0.05) is 20.8 Å². The van der Waals surface area contributed by atoms with Crippen molar-refractivity contribution in [2.24, 2.45) is 23.0 Å². The van der Waals surface area contributed by atoms with E-state index < -0.39 is 0 Å². The Balaban J connectivity index is 2.45. The third-order valence-electron chi connectivity index (χ3n) is 2.88. The second kappa shape index (κ2) is 1.47. The topological polar surface area (TPSA) is 26.0 Å². The maximum Gasteiger partial charge on any atom is -0.00409 e. The highest BCUT2D eigenvalue weighted by Crippen LogP contribution is 2.56. The minimum atomic E-state index is 0.550. The van der Waals surface area contributed by atoms with Crippen molar-refractivity contribution in [1.82, 2.24) is 0 Å². The van der Waals surface area contributed by atoms with Crippen LogP contribution in [0, 0.1) is 17.3 Å². The number of hydrogen-bond acceptors (Lipinski definition) is 1. The van der Waals surface area contributed by atoms with Gasteiger partial charge < -0.3 is 5.73 Å². The highest BCUT2D eigenvalue weighted by atomic mass is 14.7. The summed E-state index contributed by atoms with van der Waals surface area (Å²) in [7, 11) is 0. The lowest BCUT2D eigenvalue weighted by molar-refractivity contribution is 0.548. The first kappa shape index (κ1) is 6.09. The maximum absolute atomic E-state index is 5.50. The molecule has 48 valence electrons. The van der Waals surface area contributed by atoms with Crippen molar-refractivity contribution in [2.45, 2.75) is 20.8 Å². The molecule has 0 amide bonds. The third kappa shape index (κ3) is 0.576. The molecule has 2 atom stereocenters. The predicted octanol–water partition coefficient (Wildman–Crippen LogP) is 1.24. The van der Waals surface area contributed by atoms with Gasteiger partial charge in [0.05, 0.1) is 0 Å². The largest absolute Gasteiger partial charge is 0.330 e. The zero-order valence-electron chi connectivity index (χ0n) is 5.94. The predicted molar refractivity (Wildman–Crippen MR) is 35.5 cm³/mol. The number of nitrogens with two attached hydrogens (primary N) is 1. The second-order valence-electron chi connectivity index (χ2n) is 3.45. The van der Waals surface area contributed by atoms with E-state index in [1.807, 2.05) is 0 Å². The van der Waals surface area contributed by atoms with Crippen LogP contribution in [-0.2, 0) is 0 Å². The molecule has 0 saturated heterocycles. The molecule has 0 bridgehead atoms. The van der Waals surface area contributed by atoms with Crippen LogP contribution in [0.5, 0.6) is 0 Å². The van der Waals surface area contributed by atoms with Crippen molar-refractivity contribution in [3.8, 4) is 0 Å². The molecule has 0 aromatic carbocycles. The van der Waals surface area contributed by atoms with Crippen LogP contribution in [0.15, 0.2) is 0 Å². The monoisotopic (exact) mass is 113 g/mol. The van der Waals surface area contributed by atoms with Crippen molar-refractivity contribution in [3.05, 3.63) is 0 Å². The zero-order valence-corrected chi connectivity index (χ0v) is 5.94. The number of rotatable bonds is 1. The van der Waals surface area contributed by atoms with Crippen LogP contribution in [0.1, 0.15) is 20.8 Å². The van der Waals surface area contributed by atoms with E-state index in [1.54, 1.807) is 0 Å². The first-order valence-electron chi connectivity index (χ1n) is 3.30. The molecule has 8 heavy (non-hydrogen) atoms. The van der Waals surface area contributed by atoms with Gasteiger partial charge in [-0.05, 0) is 23.8 Å². The van der Waals surface area contributed by atoms with Gasteiger partial charge in [-0.2, -0.15) is 0 Å². The van der Waals surface area contributed by atoms with E-state index in [0.717, 1.165) is 18.4 Å². The van der Waals surface area contributed by atoms with E-state index in [4.69, 9.17) is 5.73 Å². The lowest BCUT2D eigenvalue weighted by atomic mass is 10.1. The van der Waals surface area contributed by atoms with Crippen LogP contribution >= 0.6 is 0 Å². The summed E-state index contributed by atoms with van der Waals surface area (Å²) < 4.78 is 0. The molecule has 1 aliphatic rings. The highest BCUT2D eigenvalue weighted by Gasteiger charge is 2.53. The molecule has 1 nitrogen and oxygen atoms in total. The summed E-state index contributed by atoms with van der Waals surface area (Å²) in [6.45, 7) is 7.72. The molecule has 0 aliphatic heterocycles. The quantitative estimate of drug-likeness (QED) is 0.544. The van der Waals surface area contributed by atoms with Gasteiger partial charge in [0.25, 0.3) is 0 Å². The maximum atomic E-state index is 5.50. The molecule has 1 fully saturated rings. The van der Waals surface area contributed by atoms with Gasteiger partial charge in [0.15, 0.2) is 0 Å². The minimum Gasteiger partial charge on any atom is -0.330 e. The normalized spacial score (nSPS) is 42.0. The van der Waals surface area contributed by atoms with Gasteiger partial charge >= 0.3 is 0 Å². The Morgan fingerprint density at radius 2 is 1.88 bits per heavy atom. The zero-order chi connectivity index (χ0) is 6.36. The smallest absolute Gasteiger partial charge is 0.00409 e. The van der Waals surface area contributed by atoms with Gasteiger partial charge in [0, 0.05) is 0 Å². The molecule has 0 heterocycles. The average molecular weight is 113 g/mol. The lowest BCUT2D eigenvalue weighted by Crippen LogP contribution is -2.05. The molecule has 1 aliphatic carbocycles. The summed E-state index contributed by atoms with van der Waals surface area (Å²) >= 11 is 0. The average Bonchev–Trinajstić information content (AvgIpc) is 2.09. The minimum absolute atomic E-state index is 0.550. The molecule has 0 aromatic rings. The van der Waals surface area contributed by atoms with Crippen LogP contribution in [0.25, 0.3) is 0 Å². The molecule has 2 N–H and O–H groups in total. The Morgan fingerprint density at radius 1 is 1.50 bits per heavy atom. The molecular formula is C7H15N. The van der Waals surface area contributed by atoms with E-state index in [1.165, 1.54) is 0 Å². The first-order chi connectivity index (χ1) is 3.60. The van der Waals surface area contributed by atoms with Crippen LogP contribution in [0.4, 0.5) is 0 Å². The molecule has 0 unspecified atom stereocenters. The molecular weight excluding hydrogens is 98.1 g/mol. The molecule has 0 spiro atoms. The molecule has 1 saturated carbocycles. The second-order valence-corrected chi connectivity index (χ2v) is 3.45. The summed E-state index contributed by atoms with van der Waals surface area (Å²) in [5.41, 5.74) is 6.05. The Hall–Kier alpha value is -0.0400. The van der Waals surface area contributed by atoms with Crippen LogP contribution < -0.4 is 5.73 Å². The van der Waals surface area contributed by atoms with Gasteiger partial charge in [-0.15, -0.1) is 0 Å². The van der Waals surface area contributed by atoms with E-state index in [-0.39, 0.29) is 0 Å². The van der Waals surface area contributed by atoms with Crippen LogP contribution in [0.2, 0.25) is 0 Å². The van der Waals surface area contributed by atoms with Crippen molar-refractivity contribution in [2.75, 3.05) is 6.54 Å². The van der Waals surface area contributed by atoms with Crippen molar-refractivity contribution in [3.63, 3.8) is 0 Å². The van der Waals surface area contributed by atoms with Crippen LogP contribution in [-0.4, -0.2) is 6.54 Å². The molecule has 0 radical (unpaired) electrons. The molecule has 1 heteroatoms. The van der Waals surface area contributed by atoms with E-state index in [0.29, 0.717) is 5.41 Å². The number of hydrogen-bond donors (Lipinski definition) is 1. The first-order valence-corrected chi connectivity index (χ1v) is 3.30. The van der Waals surface area contributed by atoms with Crippen LogP contribution in [0.3, 0.4) is 0 Å². The Kier molecular flexibility index (Phi) is 1.12.